The van der Waals surface area contributed by atoms with Gasteiger partial charge in [-0.1, -0.05) is 25.3 Å². The van der Waals surface area contributed by atoms with Gasteiger partial charge in [0.05, 0.1) is 4.92 Å². The fourth-order valence-electron chi connectivity index (χ4n) is 3.95. The van der Waals surface area contributed by atoms with Gasteiger partial charge in [-0.3, -0.25) is 10.1 Å². The van der Waals surface area contributed by atoms with Crippen LogP contribution in [0.15, 0.2) is 24.3 Å². The number of urea groups is 1. The van der Waals surface area contributed by atoms with Gasteiger partial charge in [-0.15, -0.1) is 0 Å². The summed E-state index contributed by atoms with van der Waals surface area (Å²) in [6.07, 6.45) is 8.39. The van der Waals surface area contributed by atoms with E-state index in [2.05, 4.69) is 5.32 Å². The van der Waals surface area contributed by atoms with Gasteiger partial charge in [0.1, 0.15) is 0 Å². The zero-order valence-electron chi connectivity index (χ0n) is 13.2. The Morgan fingerprint density at radius 1 is 1.17 bits per heavy atom. The molecule has 3 rings (SSSR count). The number of benzene rings is 1. The molecule has 1 heterocycles. The van der Waals surface area contributed by atoms with Crippen molar-refractivity contribution < 1.29 is 9.72 Å². The second kappa shape index (κ2) is 6.98. The van der Waals surface area contributed by atoms with E-state index in [1.54, 1.807) is 12.1 Å². The number of amides is 2. The SMILES string of the molecule is O=C(Nc1cccc([N+](=O)[O-])c1)N1CCCC1C1CCCCC1. The highest BCUT2D eigenvalue weighted by molar-refractivity contribution is 5.90. The summed E-state index contributed by atoms with van der Waals surface area (Å²) in [6, 6.07) is 6.32. The summed E-state index contributed by atoms with van der Waals surface area (Å²) in [5, 5.41) is 13.7. The summed E-state index contributed by atoms with van der Waals surface area (Å²) < 4.78 is 0. The first-order valence-electron chi connectivity index (χ1n) is 8.47. The number of likely N-dealkylation sites (tertiary alicyclic amines) is 1. The number of carbonyl (C=O) groups excluding carboxylic acids is 1. The van der Waals surface area contributed by atoms with Crippen LogP contribution in [0, 0.1) is 16.0 Å². The van der Waals surface area contributed by atoms with Crippen molar-refractivity contribution in [1.29, 1.82) is 0 Å². The van der Waals surface area contributed by atoms with Crippen LogP contribution in [0.4, 0.5) is 16.2 Å². The zero-order chi connectivity index (χ0) is 16.2. The van der Waals surface area contributed by atoms with Crippen LogP contribution in [0.1, 0.15) is 44.9 Å². The van der Waals surface area contributed by atoms with Gasteiger partial charge >= 0.3 is 6.03 Å². The van der Waals surface area contributed by atoms with Crippen molar-refractivity contribution in [1.82, 2.24) is 4.90 Å². The molecule has 6 nitrogen and oxygen atoms in total. The number of carbonyl (C=O) groups is 1. The molecule has 0 radical (unpaired) electrons. The molecule has 1 aromatic rings. The van der Waals surface area contributed by atoms with Crippen molar-refractivity contribution in [2.75, 3.05) is 11.9 Å². The van der Waals surface area contributed by atoms with Crippen molar-refractivity contribution in [3.63, 3.8) is 0 Å². The quantitative estimate of drug-likeness (QED) is 0.671. The number of nitro groups is 1. The van der Waals surface area contributed by atoms with Gasteiger partial charge in [0.15, 0.2) is 0 Å². The Balaban J connectivity index is 1.67. The van der Waals surface area contributed by atoms with Crippen LogP contribution < -0.4 is 5.32 Å². The minimum Gasteiger partial charge on any atom is -0.321 e. The van der Waals surface area contributed by atoms with E-state index in [-0.39, 0.29) is 11.7 Å². The molecule has 1 aromatic carbocycles. The Morgan fingerprint density at radius 2 is 1.96 bits per heavy atom. The molecule has 1 saturated carbocycles. The molecule has 0 spiro atoms. The fraction of sp³-hybridized carbons (Fsp3) is 0.588. The molecule has 1 unspecified atom stereocenters. The summed E-state index contributed by atoms with van der Waals surface area (Å²) in [4.78, 5) is 24.9. The number of nitrogens with zero attached hydrogens (tertiary/aromatic N) is 2. The Bertz CT molecular complexity index is 584. The summed E-state index contributed by atoms with van der Waals surface area (Å²) >= 11 is 0. The van der Waals surface area contributed by atoms with E-state index >= 15 is 0 Å². The number of hydrogen-bond acceptors (Lipinski definition) is 3. The third-order valence-corrected chi connectivity index (χ3v) is 5.06. The van der Waals surface area contributed by atoms with E-state index in [9.17, 15) is 14.9 Å². The number of rotatable bonds is 3. The summed E-state index contributed by atoms with van der Waals surface area (Å²) in [5.41, 5.74) is 0.478. The molecule has 1 saturated heterocycles. The van der Waals surface area contributed by atoms with Crippen molar-refractivity contribution in [3.05, 3.63) is 34.4 Å². The predicted molar refractivity (Wildman–Crippen MR) is 88.4 cm³/mol. The summed E-state index contributed by atoms with van der Waals surface area (Å²) in [7, 11) is 0. The molecule has 1 aliphatic carbocycles. The molecule has 6 heteroatoms. The standard InChI is InChI=1S/C17H23N3O3/c21-17(18-14-8-4-9-15(12-14)20(22)23)19-11-5-10-16(19)13-6-2-1-3-7-13/h4,8-9,12-13,16H,1-3,5-7,10-11H2,(H,18,21). The number of nitrogens with one attached hydrogen (secondary N) is 1. The van der Waals surface area contributed by atoms with Gasteiger partial charge in [0.25, 0.3) is 5.69 Å². The molecule has 2 aliphatic rings. The first-order valence-corrected chi connectivity index (χ1v) is 8.47. The topological polar surface area (TPSA) is 75.5 Å². The third-order valence-electron chi connectivity index (χ3n) is 5.06. The van der Waals surface area contributed by atoms with E-state index in [4.69, 9.17) is 0 Å². The molecule has 2 fully saturated rings. The Morgan fingerprint density at radius 3 is 2.70 bits per heavy atom. The van der Waals surface area contributed by atoms with E-state index in [0.717, 1.165) is 19.4 Å². The van der Waals surface area contributed by atoms with Crippen molar-refractivity contribution in [2.45, 2.75) is 51.0 Å². The molecule has 1 N–H and O–H groups in total. The second-order valence-electron chi connectivity index (χ2n) is 6.54. The normalized spacial score (nSPS) is 22.1. The number of hydrogen-bond donors (Lipinski definition) is 1. The van der Waals surface area contributed by atoms with Crippen LogP contribution >= 0.6 is 0 Å². The highest BCUT2D eigenvalue weighted by Crippen LogP contribution is 2.34. The smallest absolute Gasteiger partial charge is 0.321 e. The number of anilines is 1. The lowest BCUT2D eigenvalue weighted by Crippen LogP contribution is -2.43. The van der Waals surface area contributed by atoms with Crippen molar-refractivity contribution in [2.24, 2.45) is 5.92 Å². The van der Waals surface area contributed by atoms with Crippen LogP contribution in [0.2, 0.25) is 0 Å². The fourth-order valence-corrected chi connectivity index (χ4v) is 3.95. The lowest BCUT2D eigenvalue weighted by molar-refractivity contribution is -0.384. The lowest BCUT2D eigenvalue weighted by Gasteiger charge is -2.34. The molecular weight excluding hydrogens is 294 g/mol. The van der Waals surface area contributed by atoms with Gasteiger partial charge in [-0.2, -0.15) is 0 Å². The first-order chi connectivity index (χ1) is 11.1. The van der Waals surface area contributed by atoms with Gasteiger partial charge in [0, 0.05) is 30.4 Å². The van der Waals surface area contributed by atoms with Crippen LogP contribution in [-0.2, 0) is 0 Å². The second-order valence-corrected chi connectivity index (χ2v) is 6.54. The van der Waals surface area contributed by atoms with E-state index in [1.807, 2.05) is 4.90 Å². The lowest BCUT2D eigenvalue weighted by atomic mass is 9.83. The Kier molecular flexibility index (Phi) is 4.79. The molecule has 124 valence electrons. The predicted octanol–water partition coefficient (Wildman–Crippen LogP) is 4.17. The highest BCUT2D eigenvalue weighted by atomic mass is 16.6. The van der Waals surface area contributed by atoms with Crippen LogP contribution in [-0.4, -0.2) is 28.4 Å². The monoisotopic (exact) mass is 317 g/mol. The average molecular weight is 317 g/mol. The largest absolute Gasteiger partial charge is 0.322 e. The molecule has 1 atom stereocenters. The van der Waals surface area contributed by atoms with E-state index in [1.165, 1.54) is 44.2 Å². The van der Waals surface area contributed by atoms with Gasteiger partial charge in [0.2, 0.25) is 0 Å². The maximum absolute atomic E-state index is 12.6. The molecule has 1 aliphatic heterocycles. The van der Waals surface area contributed by atoms with Gasteiger partial charge in [-0.05, 0) is 37.7 Å². The van der Waals surface area contributed by atoms with E-state index in [0.29, 0.717) is 17.6 Å². The third kappa shape index (κ3) is 3.63. The minimum absolute atomic E-state index is 0.00643. The average Bonchev–Trinajstić information content (AvgIpc) is 3.05. The minimum atomic E-state index is -0.448. The Hall–Kier alpha value is -2.11. The van der Waals surface area contributed by atoms with Crippen LogP contribution in [0.25, 0.3) is 0 Å². The Labute approximate surface area is 136 Å². The highest BCUT2D eigenvalue weighted by Gasteiger charge is 2.35. The molecular formula is C17H23N3O3. The maximum Gasteiger partial charge on any atom is 0.322 e. The van der Waals surface area contributed by atoms with Crippen LogP contribution in [0.5, 0.6) is 0 Å². The molecule has 2 amide bonds. The van der Waals surface area contributed by atoms with Gasteiger partial charge < -0.3 is 10.2 Å². The van der Waals surface area contributed by atoms with Crippen LogP contribution in [0.3, 0.4) is 0 Å². The molecule has 0 aromatic heterocycles. The maximum atomic E-state index is 12.6. The molecule has 0 bridgehead atoms. The van der Waals surface area contributed by atoms with Crippen molar-refractivity contribution in [3.8, 4) is 0 Å². The molecule has 23 heavy (non-hydrogen) atoms. The summed E-state index contributed by atoms with van der Waals surface area (Å²) in [5.74, 6) is 0.613. The first kappa shape index (κ1) is 15.8. The van der Waals surface area contributed by atoms with Gasteiger partial charge in [-0.25, -0.2) is 4.79 Å². The number of non-ortho nitro benzene ring substituents is 1. The van der Waals surface area contributed by atoms with E-state index < -0.39 is 4.92 Å². The van der Waals surface area contributed by atoms with Crippen molar-refractivity contribution >= 4 is 17.4 Å². The zero-order valence-corrected chi connectivity index (χ0v) is 13.2. The summed E-state index contributed by atoms with van der Waals surface area (Å²) in [6.45, 7) is 0.780. The number of nitro benzene ring substituents is 1.